The molecule has 0 aromatic heterocycles. The van der Waals surface area contributed by atoms with E-state index in [1.807, 2.05) is 0 Å². The van der Waals surface area contributed by atoms with Gasteiger partial charge in [-0.25, -0.2) is 19.2 Å². The highest BCUT2D eigenvalue weighted by Crippen LogP contribution is 2.25. The van der Waals surface area contributed by atoms with Crippen LogP contribution in [0.2, 0.25) is 0 Å². The van der Waals surface area contributed by atoms with Gasteiger partial charge in [0.25, 0.3) is 0 Å². The predicted octanol–water partition coefficient (Wildman–Crippen LogP) is 2.43. The molecule has 0 saturated carbocycles. The smallest absolute Gasteiger partial charge is 0.328 e. The first-order chi connectivity index (χ1) is 21.4. The zero-order valence-electron chi connectivity index (χ0n) is 26.2. The first kappa shape index (κ1) is 38.6. The van der Waals surface area contributed by atoms with E-state index in [0.29, 0.717) is 36.4 Å². The Morgan fingerprint density at radius 3 is 1.53 bits per heavy atom. The van der Waals surface area contributed by atoms with Crippen molar-refractivity contribution in [1.29, 1.82) is 10.5 Å². The van der Waals surface area contributed by atoms with E-state index in [4.69, 9.17) is 20.4 Å². The molecule has 3 aliphatic heterocycles. The molecule has 3 aliphatic rings. The number of piperidine rings is 2. The molecule has 14 heteroatoms. The van der Waals surface area contributed by atoms with Gasteiger partial charge in [-0.15, -0.1) is 0 Å². The SMILES string of the molecule is CC1CCCC(C)N1CCCN1CCN(CCN2CCCCC2)C1=C(C#N)C#N.O=C(O)C=CC(=O)O.O=C(O)C=CC(=O)O. The third-order valence-corrected chi connectivity index (χ3v) is 7.78. The minimum absolute atomic E-state index is 0.279. The molecule has 0 aliphatic carbocycles. The monoisotopic (exact) mass is 630 g/mol. The van der Waals surface area contributed by atoms with Gasteiger partial charge in [0.15, 0.2) is 5.57 Å². The van der Waals surface area contributed by atoms with Gasteiger partial charge in [0.1, 0.15) is 18.0 Å². The van der Waals surface area contributed by atoms with Gasteiger partial charge >= 0.3 is 23.9 Å². The van der Waals surface area contributed by atoms with Crippen LogP contribution in [0.4, 0.5) is 0 Å². The van der Waals surface area contributed by atoms with Crippen LogP contribution in [0.25, 0.3) is 0 Å². The van der Waals surface area contributed by atoms with Crippen LogP contribution in [0.15, 0.2) is 35.7 Å². The summed E-state index contributed by atoms with van der Waals surface area (Å²) in [6.07, 6.45) is 11.2. The molecule has 3 rings (SSSR count). The predicted molar refractivity (Wildman–Crippen MR) is 165 cm³/mol. The molecule has 0 bridgehead atoms. The number of nitriles is 2. The van der Waals surface area contributed by atoms with Crippen molar-refractivity contribution in [2.45, 2.75) is 70.9 Å². The Morgan fingerprint density at radius 2 is 1.11 bits per heavy atom. The van der Waals surface area contributed by atoms with Gasteiger partial charge < -0.3 is 35.1 Å². The summed E-state index contributed by atoms with van der Waals surface area (Å²) in [6, 6.07) is 5.65. The molecule has 2 atom stereocenters. The Balaban J connectivity index is 0.000000521. The Labute approximate surface area is 264 Å². The molecule has 0 aromatic carbocycles. The average molecular weight is 631 g/mol. The van der Waals surface area contributed by atoms with Gasteiger partial charge in [-0.3, -0.25) is 4.90 Å². The first-order valence-electron chi connectivity index (χ1n) is 15.2. The fraction of sp³-hybridized carbons (Fsp3) is 0.613. The van der Waals surface area contributed by atoms with Crippen LogP contribution in [-0.4, -0.2) is 128 Å². The number of carbonyl (C=O) groups is 4. The lowest BCUT2D eigenvalue weighted by Gasteiger charge is -2.39. The summed E-state index contributed by atoms with van der Waals surface area (Å²) in [6.45, 7) is 12.9. The van der Waals surface area contributed by atoms with Crippen LogP contribution < -0.4 is 0 Å². The number of carboxylic acids is 4. The molecule has 0 spiro atoms. The maximum Gasteiger partial charge on any atom is 0.328 e. The van der Waals surface area contributed by atoms with E-state index in [1.165, 1.54) is 51.6 Å². The number of allylic oxidation sites excluding steroid dienone is 1. The number of carboxylic acid groups (broad SMARTS) is 4. The zero-order chi connectivity index (χ0) is 33.8. The molecule has 3 fully saturated rings. The maximum atomic E-state index is 9.55. The lowest BCUT2D eigenvalue weighted by molar-refractivity contribution is -0.134. The summed E-state index contributed by atoms with van der Waals surface area (Å²) in [5.74, 6) is -4.15. The molecule has 4 N–H and O–H groups in total. The fourth-order valence-corrected chi connectivity index (χ4v) is 5.62. The number of hydrogen-bond acceptors (Lipinski definition) is 10. The molecular weight excluding hydrogens is 584 g/mol. The van der Waals surface area contributed by atoms with Gasteiger partial charge in [0.05, 0.1) is 0 Å². The second kappa shape index (κ2) is 21.3. The molecular formula is C31H46N6O8. The summed E-state index contributed by atoms with van der Waals surface area (Å²) in [5, 5.41) is 50.3. The third-order valence-electron chi connectivity index (χ3n) is 7.78. The van der Waals surface area contributed by atoms with E-state index in [2.05, 4.69) is 45.6 Å². The maximum absolute atomic E-state index is 9.55. The van der Waals surface area contributed by atoms with Crippen molar-refractivity contribution in [2.24, 2.45) is 0 Å². The summed E-state index contributed by atoms with van der Waals surface area (Å²) in [4.78, 5) is 48.0. The number of nitrogens with zero attached hydrogens (tertiary/aromatic N) is 6. The Morgan fingerprint density at radius 1 is 0.667 bits per heavy atom. The van der Waals surface area contributed by atoms with Crippen LogP contribution >= 0.6 is 0 Å². The Bertz CT molecular complexity index is 1070. The van der Waals surface area contributed by atoms with Crippen LogP contribution in [-0.2, 0) is 19.2 Å². The number of hydrogen-bond donors (Lipinski definition) is 4. The molecule has 3 saturated heterocycles. The highest BCUT2D eigenvalue weighted by atomic mass is 16.4. The van der Waals surface area contributed by atoms with Crippen LogP contribution in [0.1, 0.15) is 58.8 Å². The normalized spacial score (nSPS) is 20.4. The standard InChI is InChI=1S/C23H38N6.2C4H4O4/c1-20-8-6-9-21(2)29(20)13-7-12-27-16-17-28(23(27)22(18-24)19-25)15-14-26-10-4-3-5-11-26;2*5-3(6)1-2-4(7)8/h20-21H,3-17H2,1-2H3;2*1-2H,(H,5,6)(H,7,8). The van der Waals surface area contributed by atoms with E-state index >= 15 is 0 Å². The fourth-order valence-electron chi connectivity index (χ4n) is 5.62. The third kappa shape index (κ3) is 15.8. The van der Waals surface area contributed by atoms with Gasteiger partial charge in [-0.2, -0.15) is 10.5 Å². The van der Waals surface area contributed by atoms with Crippen LogP contribution in [0.5, 0.6) is 0 Å². The van der Waals surface area contributed by atoms with Crippen molar-refractivity contribution >= 4 is 23.9 Å². The minimum Gasteiger partial charge on any atom is -0.478 e. The lowest BCUT2D eigenvalue weighted by atomic mass is 9.97. The summed E-state index contributed by atoms with van der Waals surface area (Å²) in [7, 11) is 0. The van der Waals surface area contributed by atoms with Gasteiger partial charge in [0, 0.05) is 75.7 Å². The molecule has 0 amide bonds. The molecule has 2 unspecified atom stereocenters. The molecule has 0 radical (unpaired) electrons. The van der Waals surface area contributed by atoms with E-state index in [-0.39, 0.29) is 5.57 Å². The topological polar surface area (TPSA) is 210 Å². The van der Waals surface area contributed by atoms with E-state index in [1.54, 1.807) is 0 Å². The highest BCUT2D eigenvalue weighted by Gasteiger charge is 2.29. The Hall–Kier alpha value is -4.40. The van der Waals surface area contributed by atoms with Crippen molar-refractivity contribution in [2.75, 3.05) is 52.4 Å². The van der Waals surface area contributed by atoms with Gasteiger partial charge in [-0.1, -0.05) is 12.8 Å². The highest BCUT2D eigenvalue weighted by molar-refractivity contribution is 5.90. The molecule has 0 aromatic rings. The van der Waals surface area contributed by atoms with Crippen molar-refractivity contribution < 1.29 is 39.6 Å². The van der Waals surface area contributed by atoms with Crippen molar-refractivity contribution in [1.82, 2.24) is 19.6 Å². The van der Waals surface area contributed by atoms with E-state index in [0.717, 1.165) is 51.5 Å². The van der Waals surface area contributed by atoms with Crippen molar-refractivity contribution in [3.05, 3.63) is 35.7 Å². The number of likely N-dealkylation sites (tertiary alicyclic amines) is 2. The van der Waals surface area contributed by atoms with Crippen LogP contribution in [0.3, 0.4) is 0 Å². The lowest BCUT2D eigenvalue weighted by Crippen LogP contribution is -2.44. The van der Waals surface area contributed by atoms with E-state index in [9.17, 15) is 29.7 Å². The van der Waals surface area contributed by atoms with Crippen molar-refractivity contribution in [3.8, 4) is 12.1 Å². The molecule has 14 nitrogen and oxygen atoms in total. The molecule has 45 heavy (non-hydrogen) atoms. The average Bonchev–Trinajstić information content (AvgIpc) is 3.39. The largest absolute Gasteiger partial charge is 0.478 e. The number of aliphatic carboxylic acids is 4. The summed E-state index contributed by atoms with van der Waals surface area (Å²) < 4.78 is 0. The second-order valence-electron chi connectivity index (χ2n) is 11.0. The van der Waals surface area contributed by atoms with Gasteiger partial charge in [0.2, 0.25) is 0 Å². The van der Waals surface area contributed by atoms with E-state index < -0.39 is 23.9 Å². The number of rotatable bonds is 11. The quantitative estimate of drug-likeness (QED) is 0.191. The van der Waals surface area contributed by atoms with Crippen molar-refractivity contribution in [3.63, 3.8) is 0 Å². The summed E-state index contributed by atoms with van der Waals surface area (Å²) >= 11 is 0. The zero-order valence-corrected chi connectivity index (χ0v) is 26.2. The molecule has 248 valence electrons. The molecule has 3 heterocycles. The first-order valence-corrected chi connectivity index (χ1v) is 15.2. The second-order valence-corrected chi connectivity index (χ2v) is 11.0. The Kier molecular flexibility index (Phi) is 18.3. The van der Waals surface area contributed by atoms with Gasteiger partial charge in [-0.05, 0) is 59.0 Å². The van der Waals surface area contributed by atoms with Crippen LogP contribution in [0, 0.1) is 22.7 Å². The minimum atomic E-state index is -1.26. The summed E-state index contributed by atoms with van der Waals surface area (Å²) in [5.41, 5.74) is 0.279.